The van der Waals surface area contributed by atoms with Gasteiger partial charge >= 0.3 is 6.03 Å². The van der Waals surface area contributed by atoms with Crippen molar-refractivity contribution in [2.24, 2.45) is 11.8 Å². The Hall–Kier alpha value is -1.55. The van der Waals surface area contributed by atoms with Gasteiger partial charge in [-0.3, -0.25) is 0 Å². The molecule has 3 aliphatic rings. The summed E-state index contributed by atoms with van der Waals surface area (Å²) in [7, 11) is 1.75. The number of piperidine rings is 1. The quantitative estimate of drug-likeness (QED) is 0.817. The van der Waals surface area contributed by atoms with Gasteiger partial charge in [0.15, 0.2) is 0 Å². The Kier molecular flexibility index (Phi) is 4.98. The highest BCUT2D eigenvalue weighted by molar-refractivity contribution is 5.75. The van der Waals surface area contributed by atoms with E-state index in [9.17, 15) is 4.79 Å². The number of ether oxygens (including phenoxy) is 1. The lowest BCUT2D eigenvalue weighted by atomic mass is 9.93. The van der Waals surface area contributed by atoms with Crippen LogP contribution in [-0.4, -0.2) is 55.2 Å². The first kappa shape index (κ1) is 16.9. The van der Waals surface area contributed by atoms with Crippen molar-refractivity contribution in [3.8, 4) is 0 Å². The molecule has 0 radical (unpaired) electrons. The zero-order valence-corrected chi connectivity index (χ0v) is 15.3. The van der Waals surface area contributed by atoms with Crippen LogP contribution in [0.5, 0.6) is 0 Å². The molecule has 4 heteroatoms. The van der Waals surface area contributed by atoms with Crippen molar-refractivity contribution in [1.82, 2.24) is 9.80 Å². The molecular formula is C21H30N2O2. The van der Waals surface area contributed by atoms with E-state index in [1.54, 1.807) is 7.11 Å². The average Bonchev–Trinajstić information content (AvgIpc) is 3.40. The molecule has 1 aromatic rings. The van der Waals surface area contributed by atoms with Crippen LogP contribution >= 0.6 is 0 Å². The zero-order chi connectivity index (χ0) is 17.2. The summed E-state index contributed by atoms with van der Waals surface area (Å²) in [6.07, 6.45) is 6.31. The molecule has 0 aromatic heterocycles. The number of carbonyl (C=O) groups is 1. The number of hydrogen-bond acceptors (Lipinski definition) is 2. The summed E-state index contributed by atoms with van der Waals surface area (Å²) < 4.78 is 5.43. The van der Waals surface area contributed by atoms with Crippen LogP contribution in [0.1, 0.15) is 43.6 Å². The van der Waals surface area contributed by atoms with Gasteiger partial charge in [-0.25, -0.2) is 4.79 Å². The molecule has 1 aromatic carbocycles. The Morgan fingerprint density at radius 1 is 1.12 bits per heavy atom. The first-order valence-electron chi connectivity index (χ1n) is 9.86. The average molecular weight is 342 g/mol. The Bertz CT molecular complexity index is 585. The summed E-state index contributed by atoms with van der Waals surface area (Å²) in [5.41, 5.74) is 1.51. The molecule has 3 unspecified atom stereocenters. The summed E-state index contributed by atoms with van der Waals surface area (Å²) in [5.74, 6) is 2.37. The minimum Gasteiger partial charge on any atom is -0.380 e. The predicted molar refractivity (Wildman–Crippen MR) is 98.6 cm³/mol. The minimum atomic E-state index is 0.222. The fraction of sp³-hybridized carbons (Fsp3) is 0.667. The van der Waals surface area contributed by atoms with E-state index in [1.165, 1.54) is 24.8 Å². The van der Waals surface area contributed by atoms with E-state index in [2.05, 4.69) is 30.3 Å². The van der Waals surface area contributed by atoms with E-state index < -0.39 is 0 Å². The Balaban J connectivity index is 1.16. The van der Waals surface area contributed by atoms with Gasteiger partial charge in [0.25, 0.3) is 0 Å². The molecule has 1 aliphatic carbocycles. The van der Waals surface area contributed by atoms with Crippen LogP contribution in [0.25, 0.3) is 0 Å². The predicted octanol–water partition coefficient (Wildman–Crippen LogP) is 3.73. The third-order valence-corrected chi connectivity index (χ3v) is 6.31. The molecule has 2 heterocycles. The van der Waals surface area contributed by atoms with Crippen LogP contribution < -0.4 is 0 Å². The molecule has 2 amide bonds. The minimum absolute atomic E-state index is 0.222. The molecule has 0 N–H and O–H groups in total. The molecular weight excluding hydrogens is 312 g/mol. The summed E-state index contributed by atoms with van der Waals surface area (Å²) in [4.78, 5) is 16.6. The third kappa shape index (κ3) is 3.84. The maximum atomic E-state index is 12.6. The van der Waals surface area contributed by atoms with E-state index in [0.29, 0.717) is 5.92 Å². The normalized spacial score (nSPS) is 29.4. The molecule has 2 saturated heterocycles. The van der Waals surface area contributed by atoms with E-state index in [1.807, 2.05) is 9.80 Å². The molecule has 0 bridgehead atoms. The lowest BCUT2D eigenvalue weighted by Gasteiger charge is -2.43. The van der Waals surface area contributed by atoms with E-state index in [-0.39, 0.29) is 12.1 Å². The topological polar surface area (TPSA) is 32.8 Å². The largest absolute Gasteiger partial charge is 0.380 e. The molecule has 3 fully saturated rings. The van der Waals surface area contributed by atoms with Crippen LogP contribution in [0.15, 0.2) is 30.3 Å². The third-order valence-electron chi connectivity index (χ3n) is 6.31. The summed E-state index contributed by atoms with van der Waals surface area (Å²) >= 11 is 0. The maximum absolute atomic E-state index is 12.6. The number of methoxy groups -OCH3 is 1. The second-order valence-corrected chi connectivity index (χ2v) is 8.09. The van der Waals surface area contributed by atoms with Crippen LogP contribution in [0.3, 0.4) is 0 Å². The van der Waals surface area contributed by atoms with Gasteiger partial charge in [0, 0.05) is 33.3 Å². The number of urea groups is 1. The van der Waals surface area contributed by atoms with Crippen LogP contribution in [-0.2, 0) is 4.74 Å². The SMILES string of the molecule is COC1CCCN(C(=O)N2CC(CCC3CC3c3ccccc3)C2)C1. The van der Waals surface area contributed by atoms with Crippen LogP contribution in [0.2, 0.25) is 0 Å². The molecule has 2 aliphatic heterocycles. The van der Waals surface area contributed by atoms with Crippen molar-refractivity contribution >= 4 is 6.03 Å². The monoisotopic (exact) mass is 342 g/mol. The van der Waals surface area contributed by atoms with E-state index in [4.69, 9.17) is 4.74 Å². The maximum Gasteiger partial charge on any atom is 0.320 e. The van der Waals surface area contributed by atoms with Crippen LogP contribution in [0, 0.1) is 11.8 Å². The van der Waals surface area contributed by atoms with Gasteiger partial charge < -0.3 is 14.5 Å². The van der Waals surface area contributed by atoms with Gasteiger partial charge in [-0.05, 0) is 55.4 Å². The Morgan fingerprint density at radius 2 is 1.92 bits per heavy atom. The second-order valence-electron chi connectivity index (χ2n) is 8.09. The highest BCUT2D eigenvalue weighted by Crippen LogP contribution is 2.50. The number of nitrogens with zero attached hydrogens (tertiary/aromatic N) is 2. The smallest absolute Gasteiger partial charge is 0.320 e. The molecule has 4 rings (SSSR count). The second kappa shape index (κ2) is 7.36. The lowest BCUT2D eigenvalue weighted by Crippen LogP contribution is -2.57. The van der Waals surface area contributed by atoms with Crippen molar-refractivity contribution in [2.75, 3.05) is 33.3 Å². The molecule has 3 atom stereocenters. The lowest BCUT2D eigenvalue weighted by molar-refractivity contribution is 0.0244. The van der Waals surface area contributed by atoms with Gasteiger partial charge in [-0.15, -0.1) is 0 Å². The van der Waals surface area contributed by atoms with Crippen molar-refractivity contribution in [3.05, 3.63) is 35.9 Å². The number of carbonyl (C=O) groups excluding carboxylic acids is 1. The van der Waals surface area contributed by atoms with Gasteiger partial charge in [-0.2, -0.15) is 0 Å². The number of benzene rings is 1. The summed E-state index contributed by atoms with van der Waals surface area (Å²) in [5, 5.41) is 0. The zero-order valence-electron chi connectivity index (χ0n) is 15.3. The molecule has 4 nitrogen and oxygen atoms in total. The number of hydrogen-bond donors (Lipinski definition) is 0. The number of likely N-dealkylation sites (tertiary alicyclic amines) is 2. The Labute approximate surface area is 151 Å². The number of amides is 2. The van der Waals surface area contributed by atoms with E-state index >= 15 is 0 Å². The molecule has 1 saturated carbocycles. The van der Waals surface area contributed by atoms with Crippen molar-refractivity contribution in [1.29, 1.82) is 0 Å². The summed E-state index contributed by atoms with van der Waals surface area (Å²) in [6, 6.07) is 11.1. The molecule has 136 valence electrons. The van der Waals surface area contributed by atoms with Gasteiger partial charge in [-0.1, -0.05) is 30.3 Å². The number of rotatable bonds is 5. The fourth-order valence-corrected chi connectivity index (χ4v) is 4.54. The first-order chi connectivity index (χ1) is 12.2. The van der Waals surface area contributed by atoms with Gasteiger partial charge in [0.1, 0.15) is 0 Å². The van der Waals surface area contributed by atoms with Crippen LogP contribution in [0.4, 0.5) is 4.79 Å². The fourth-order valence-electron chi connectivity index (χ4n) is 4.54. The standard InChI is InChI=1S/C21H30N2O2/c1-25-19-8-5-11-22(15-19)21(24)23-13-16(14-23)9-10-18-12-20(18)17-6-3-2-4-7-17/h2-4,6-7,16,18-20H,5,8-15H2,1H3. The summed E-state index contributed by atoms with van der Waals surface area (Å²) in [6.45, 7) is 3.56. The van der Waals surface area contributed by atoms with Gasteiger partial charge in [0.05, 0.1) is 6.10 Å². The highest BCUT2D eigenvalue weighted by atomic mass is 16.5. The van der Waals surface area contributed by atoms with Crippen molar-refractivity contribution in [3.63, 3.8) is 0 Å². The van der Waals surface area contributed by atoms with E-state index in [0.717, 1.165) is 50.9 Å². The van der Waals surface area contributed by atoms with Crippen molar-refractivity contribution < 1.29 is 9.53 Å². The molecule has 0 spiro atoms. The first-order valence-corrected chi connectivity index (χ1v) is 9.86. The Morgan fingerprint density at radius 3 is 2.68 bits per heavy atom. The highest BCUT2D eigenvalue weighted by Gasteiger charge is 2.40. The molecule has 25 heavy (non-hydrogen) atoms. The van der Waals surface area contributed by atoms with Gasteiger partial charge in [0.2, 0.25) is 0 Å². The van der Waals surface area contributed by atoms with Crippen molar-refractivity contribution in [2.45, 2.75) is 44.1 Å².